The first-order valence-electron chi connectivity index (χ1n) is 8.75. The molecule has 1 heterocycles. The topological polar surface area (TPSA) is 59.1 Å². The lowest BCUT2D eigenvalue weighted by molar-refractivity contribution is -0.0142. The van der Waals surface area contributed by atoms with Gasteiger partial charge in [-0.15, -0.1) is 0 Å². The molecule has 2 rings (SSSR count). The lowest BCUT2D eigenvalue weighted by Crippen LogP contribution is -2.62. The first kappa shape index (κ1) is 19.1. The van der Waals surface area contributed by atoms with Gasteiger partial charge >= 0.3 is 12.2 Å². The van der Waals surface area contributed by atoms with E-state index in [1.165, 1.54) is 0 Å². The number of nitrogens with zero attached hydrogens (tertiary/aromatic N) is 2. The van der Waals surface area contributed by atoms with Gasteiger partial charge in [-0.05, 0) is 32.8 Å². The summed E-state index contributed by atoms with van der Waals surface area (Å²) < 4.78 is 10.8. The first-order chi connectivity index (χ1) is 11.8. The smallest absolute Gasteiger partial charge is 0.410 e. The highest BCUT2D eigenvalue weighted by molar-refractivity contribution is 5.71. The van der Waals surface area contributed by atoms with E-state index in [-0.39, 0.29) is 24.8 Å². The molecule has 6 nitrogen and oxygen atoms in total. The van der Waals surface area contributed by atoms with Crippen LogP contribution < -0.4 is 0 Å². The molecule has 1 saturated heterocycles. The molecule has 1 aliphatic rings. The van der Waals surface area contributed by atoms with Crippen LogP contribution in [0, 0.1) is 0 Å². The maximum absolute atomic E-state index is 12.3. The van der Waals surface area contributed by atoms with E-state index in [4.69, 9.17) is 9.47 Å². The summed E-state index contributed by atoms with van der Waals surface area (Å²) in [6, 6.07) is 9.55. The molecule has 0 N–H and O–H groups in total. The zero-order chi connectivity index (χ0) is 18.4. The summed E-state index contributed by atoms with van der Waals surface area (Å²) >= 11 is 0. The predicted molar refractivity (Wildman–Crippen MR) is 95.2 cm³/mol. The van der Waals surface area contributed by atoms with Crippen molar-refractivity contribution in [3.8, 4) is 0 Å². The molecule has 138 valence electrons. The van der Waals surface area contributed by atoms with Gasteiger partial charge in [0.2, 0.25) is 0 Å². The fourth-order valence-corrected chi connectivity index (χ4v) is 2.60. The zero-order valence-corrected chi connectivity index (χ0v) is 15.5. The fourth-order valence-electron chi connectivity index (χ4n) is 2.60. The maximum atomic E-state index is 12.3. The van der Waals surface area contributed by atoms with Crippen molar-refractivity contribution in [3.63, 3.8) is 0 Å². The van der Waals surface area contributed by atoms with Gasteiger partial charge in [0, 0.05) is 19.6 Å². The highest BCUT2D eigenvalue weighted by atomic mass is 16.6. The van der Waals surface area contributed by atoms with Crippen LogP contribution in [0.15, 0.2) is 30.3 Å². The van der Waals surface area contributed by atoms with Crippen LogP contribution in [0.1, 0.15) is 39.7 Å². The maximum Gasteiger partial charge on any atom is 0.410 e. The number of carbonyl (C=O) groups excluding carboxylic acids is 2. The molecule has 0 unspecified atom stereocenters. The van der Waals surface area contributed by atoms with E-state index in [1.807, 2.05) is 58.0 Å². The van der Waals surface area contributed by atoms with Crippen LogP contribution in [0.25, 0.3) is 0 Å². The minimum Gasteiger partial charge on any atom is -0.445 e. The number of benzene rings is 1. The predicted octanol–water partition coefficient (Wildman–Crippen LogP) is 3.65. The highest BCUT2D eigenvalue weighted by Crippen LogP contribution is 2.20. The zero-order valence-electron chi connectivity index (χ0n) is 15.5. The Labute approximate surface area is 149 Å². The molecular formula is C19H28N2O4. The van der Waals surface area contributed by atoms with Crippen molar-refractivity contribution in [2.24, 2.45) is 0 Å². The van der Waals surface area contributed by atoms with E-state index < -0.39 is 5.60 Å². The largest absolute Gasteiger partial charge is 0.445 e. The number of rotatable bonds is 5. The average Bonchev–Trinajstić information content (AvgIpc) is 2.50. The molecule has 1 fully saturated rings. The molecule has 6 heteroatoms. The summed E-state index contributed by atoms with van der Waals surface area (Å²) in [6.07, 6.45) is 0.172. The Morgan fingerprint density at radius 2 is 1.84 bits per heavy atom. The van der Waals surface area contributed by atoms with Gasteiger partial charge in [-0.2, -0.15) is 0 Å². The number of carbonyl (C=O) groups is 2. The summed E-state index contributed by atoms with van der Waals surface area (Å²) in [5, 5.41) is 0. The Hall–Kier alpha value is -2.24. The summed E-state index contributed by atoms with van der Waals surface area (Å²) in [5.74, 6) is 0. The second kappa shape index (κ2) is 8.23. The summed E-state index contributed by atoms with van der Waals surface area (Å²) in [7, 11) is 0. The third kappa shape index (κ3) is 5.66. The quantitative estimate of drug-likeness (QED) is 0.815. The average molecular weight is 348 g/mol. The standard InChI is InChI=1S/C19H28N2O4/c1-5-11-21(18(23)25-19(2,3)4)16-12-20(13-16)17(22)24-14-15-9-7-6-8-10-15/h6-10,16H,5,11-14H2,1-4H3. The molecule has 25 heavy (non-hydrogen) atoms. The summed E-state index contributed by atoms with van der Waals surface area (Å²) in [4.78, 5) is 27.8. The molecule has 1 aromatic rings. The third-order valence-corrected chi connectivity index (χ3v) is 3.86. The Morgan fingerprint density at radius 3 is 2.40 bits per heavy atom. The van der Waals surface area contributed by atoms with Crippen LogP contribution >= 0.6 is 0 Å². The highest BCUT2D eigenvalue weighted by Gasteiger charge is 2.39. The van der Waals surface area contributed by atoms with E-state index in [1.54, 1.807) is 9.80 Å². The molecule has 0 radical (unpaired) electrons. The van der Waals surface area contributed by atoms with Crippen LogP contribution in [0.4, 0.5) is 9.59 Å². The van der Waals surface area contributed by atoms with Crippen molar-refractivity contribution in [2.45, 2.75) is 52.4 Å². The number of likely N-dealkylation sites (tertiary alicyclic amines) is 1. The van der Waals surface area contributed by atoms with Crippen molar-refractivity contribution < 1.29 is 19.1 Å². The van der Waals surface area contributed by atoms with Crippen LogP contribution in [0.2, 0.25) is 0 Å². The van der Waals surface area contributed by atoms with Gasteiger partial charge in [0.05, 0.1) is 6.04 Å². The normalized spacial score (nSPS) is 14.6. The number of amides is 2. The summed E-state index contributed by atoms with van der Waals surface area (Å²) in [5.41, 5.74) is 0.426. The molecule has 0 saturated carbocycles. The minimum absolute atomic E-state index is 0.0147. The van der Waals surface area contributed by atoms with Gasteiger partial charge in [-0.25, -0.2) is 9.59 Å². The van der Waals surface area contributed by atoms with E-state index >= 15 is 0 Å². The monoisotopic (exact) mass is 348 g/mol. The molecule has 1 aliphatic heterocycles. The molecule has 0 bridgehead atoms. The molecule has 0 atom stereocenters. The molecule has 1 aromatic carbocycles. The van der Waals surface area contributed by atoms with Gasteiger partial charge in [0.25, 0.3) is 0 Å². The Kier molecular flexibility index (Phi) is 6.28. The fraction of sp³-hybridized carbons (Fsp3) is 0.579. The van der Waals surface area contributed by atoms with Crippen molar-refractivity contribution in [2.75, 3.05) is 19.6 Å². The third-order valence-electron chi connectivity index (χ3n) is 3.86. The first-order valence-corrected chi connectivity index (χ1v) is 8.75. The lowest BCUT2D eigenvalue weighted by atomic mass is 10.1. The van der Waals surface area contributed by atoms with Crippen molar-refractivity contribution in [3.05, 3.63) is 35.9 Å². The van der Waals surface area contributed by atoms with Crippen LogP contribution in [0.5, 0.6) is 0 Å². The van der Waals surface area contributed by atoms with E-state index in [0.717, 1.165) is 12.0 Å². The van der Waals surface area contributed by atoms with Gasteiger partial charge in [-0.3, -0.25) is 0 Å². The number of hydrogen-bond donors (Lipinski definition) is 0. The van der Waals surface area contributed by atoms with Gasteiger partial charge in [0.15, 0.2) is 0 Å². The van der Waals surface area contributed by atoms with Crippen molar-refractivity contribution in [1.82, 2.24) is 9.80 Å². The van der Waals surface area contributed by atoms with Crippen molar-refractivity contribution in [1.29, 1.82) is 0 Å². The van der Waals surface area contributed by atoms with E-state index in [0.29, 0.717) is 19.6 Å². The van der Waals surface area contributed by atoms with Crippen LogP contribution in [-0.2, 0) is 16.1 Å². The van der Waals surface area contributed by atoms with Crippen molar-refractivity contribution >= 4 is 12.2 Å². The van der Waals surface area contributed by atoms with E-state index in [2.05, 4.69) is 0 Å². The van der Waals surface area contributed by atoms with Gasteiger partial charge in [0.1, 0.15) is 12.2 Å². The van der Waals surface area contributed by atoms with Crippen LogP contribution in [0.3, 0.4) is 0 Å². The molecular weight excluding hydrogens is 320 g/mol. The molecule has 2 amide bonds. The van der Waals surface area contributed by atoms with Gasteiger partial charge < -0.3 is 19.3 Å². The molecule has 0 aromatic heterocycles. The van der Waals surface area contributed by atoms with Gasteiger partial charge in [-0.1, -0.05) is 37.3 Å². The second-order valence-electron chi connectivity index (χ2n) is 7.27. The van der Waals surface area contributed by atoms with Crippen LogP contribution in [-0.4, -0.2) is 53.3 Å². The van der Waals surface area contributed by atoms with E-state index in [9.17, 15) is 9.59 Å². The molecule has 0 aliphatic carbocycles. The summed E-state index contributed by atoms with van der Waals surface area (Å²) in [6.45, 7) is 9.40. The Morgan fingerprint density at radius 1 is 1.20 bits per heavy atom. The number of ether oxygens (including phenoxy) is 2. The minimum atomic E-state index is -0.527. The lowest BCUT2D eigenvalue weighted by Gasteiger charge is -2.44. The Balaban J connectivity index is 1.81. The molecule has 0 spiro atoms. The number of hydrogen-bond acceptors (Lipinski definition) is 4. The SMILES string of the molecule is CCCN(C(=O)OC(C)(C)C)C1CN(C(=O)OCc2ccccc2)C1. The second-order valence-corrected chi connectivity index (χ2v) is 7.27. The Bertz CT molecular complexity index is 577.